The van der Waals surface area contributed by atoms with E-state index in [0.717, 1.165) is 26.3 Å². The van der Waals surface area contributed by atoms with Crippen molar-refractivity contribution in [1.29, 1.82) is 0 Å². The van der Waals surface area contributed by atoms with Crippen LogP contribution < -0.4 is 0 Å². The number of nitrogens with zero attached hydrogens (tertiary/aromatic N) is 2. The van der Waals surface area contributed by atoms with Crippen molar-refractivity contribution in [2.45, 2.75) is 6.92 Å². The molecule has 0 amide bonds. The average Bonchev–Trinajstić information content (AvgIpc) is 3.19. The van der Waals surface area contributed by atoms with Crippen LogP contribution in [0.25, 0.3) is 31.9 Å². The predicted molar refractivity (Wildman–Crippen MR) is 117 cm³/mol. The monoisotopic (exact) mass is 420 g/mol. The van der Waals surface area contributed by atoms with Crippen LogP contribution in [-0.2, 0) is 0 Å². The van der Waals surface area contributed by atoms with Gasteiger partial charge in [-0.3, -0.25) is 4.40 Å². The van der Waals surface area contributed by atoms with Gasteiger partial charge in [0.1, 0.15) is 10.3 Å². The van der Waals surface area contributed by atoms with Gasteiger partial charge in [0.15, 0.2) is 4.96 Å². The SMILES string of the molecule is C=C/C(=C\C=C/C)c1nc2sc3ccc(-c4ccccc4)cc3n2c1Br. The molecule has 0 aliphatic carbocycles. The fourth-order valence-electron chi connectivity index (χ4n) is 2.97. The molecule has 4 heteroatoms. The minimum atomic E-state index is 0.913. The maximum Gasteiger partial charge on any atom is 0.196 e. The van der Waals surface area contributed by atoms with Crippen molar-refractivity contribution in [3.8, 4) is 11.1 Å². The number of rotatable bonds is 4. The Morgan fingerprint density at radius 2 is 1.96 bits per heavy atom. The third kappa shape index (κ3) is 2.85. The lowest BCUT2D eigenvalue weighted by Crippen LogP contribution is -1.85. The molecule has 0 N–H and O–H groups in total. The summed E-state index contributed by atoms with van der Waals surface area (Å²) in [6, 6.07) is 17.0. The van der Waals surface area contributed by atoms with E-state index in [1.807, 2.05) is 37.3 Å². The molecule has 4 rings (SSSR count). The lowest BCUT2D eigenvalue weighted by molar-refractivity contribution is 1.25. The van der Waals surface area contributed by atoms with Gasteiger partial charge in [-0.05, 0) is 46.1 Å². The van der Waals surface area contributed by atoms with E-state index >= 15 is 0 Å². The Kier molecular flexibility index (Phi) is 4.62. The Morgan fingerprint density at radius 3 is 2.69 bits per heavy atom. The molecule has 2 heterocycles. The zero-order valence-corrected chi connectivity index (χ0v) is 16.7. The number of halogens is 1. The highest BCUT2D eigenvalue weighted by Crippen LogP contribution is 2.36. The summed E-state index contributed by atoms with van der Waals surface area (Å²) >= 11 is 5.46. The smallest absolute Gasteiger partial charge is 0.196 e. The largest absolute Gasteiger partial charge is 0.277 e. The number of thiazole rings is 1. The highest BCUT2D eigenvalue weighted by molar-refractivity contribution is 9.10. The average molecular weight is 421 g/mol. The first-order valence-corrected chi connectivity index (χ1v) is 9.95. The van der Waals surface area contributed by atoms with Crippen LogP contribution in [0.2, 0.25) is 0 Å². The number of fused-ring (bicyclic) bond motifs is 3. The molecule has 0 bridgehead atoms. The van der Waals surface area contributed by atoms with Crippen LogP contribution >= 0.6 is 27.3 Å². The number of hydrogen-bond donors (Lipinski definition) is 0. The van der Waals surface area contributed by atoms with E-state index in [-0.39, 0.29) is 0 Å². The predicted octanol–water partition coefficient (Wildman–Crippen LogP) is 7.12. The van der Waals surface area contributed by atoms with Crippen molar-refractivity contribution < 1.29 is 0 Å². The first kappa shape index (κ1) is 17.0. The normalized spacial score (nSPS) is 12.5. The van der Waals surface area contributed by atoms with Gasteiger partial charge >= 0.3 is 0 Å². The summed E-state index contributed by atoms with van der Waals surface area (Å²) in [4.78, 5) is 5.81. The number of benzene rings is 2. The summed E-state index contributed by atoms with van der Waals surface area (Å²) in [5, 5.41) is 0. The van der Waals surface area contributed by atoms with Gasteiger partial charge in [0.25, 0.3) is 0 Å². The first-order valence-electron chi connectivity index (χ1n) is 8.34. The molecular weight excluding hydrogens is 404 g/mol. The molecule has 0 aliphatic heterocycles. The van der Waals surface area contributed by atoms with Crippen molar-refractivity contribution in [3.63, 3.8) is 0 Å². The van der Waals surface area contributed by atoms with E-state index in [1.165, 1.54) is 15.8 Å². The van der Waals surface area contributed by atoms with Crippen LogP contribution in [0.1, 0.15) is 12.6 Å². The fourth-order valence-corrected chi connectivity index (χ4v) is 4.77. The number of hydrogen-bond acceptors (Lipinski definition) is 2. The number of allylic oxidation sites excluding steroid dienone is 5. The van der Waals surface area contributed by atoms with Crippen LogP contribution in [-0.4, -0.2) is 9.38 Å². The lowest BCUT2D eigenvalue weighted by Gasteiger charge is -2.03. The van der Waals surface area contributed by atoms with Gasteiger partial charge in [-0.2, -0.15) is 0 Å². The molecule has 26 heavy (non-hydrogen) atoms. The standard InChI is InChI=1S/C22H17BrN2S/c1-3-5-9-15(4-2)20-21(23)25-18-14-17(16-10-7-6-8-11-16)12-13-19(18)26-22(25)24-20/h3-14H,2H2,1H3/b5-3-,15-9+. The summed E-state index contributed by atoms with van der Waals surface area (Å²) in [5.74, 6) is 0. The molecule has 2 nitrogen and oxygen atoms in total. The molecule has 0 aliphatic rings. The zero-order valence-electron chi connectivity index (χ0n) is 14.3. The van der Waals surface area contributed by atoms with Crippen LogP contribution in [0.5, 0.6) is 0 Å². The van der Waals surface area contributed by atoms with E-state index in [0.29, 0.717) is 0 Å². The minimum absolute atomic E-state index is 0.913. The second-order valence-electron chi connectivity index (χ2n) is 5.87. The van der Waals surface area contributed by atoms with Gasteiger partial charge in [-0.15, -0.1) is 0 Å². The molecular formula is C22H17BrN2S. The summed E-state index contributed by atoms with van der Waals surface area (Å²) in [6.07, 6.45) is 7.87. The molecule has 4 aromatic rings. The van der Waals surface area contributed by atoms with Gasteiger partial charge in [0, 0.05) is 5.57 Å². The minimum Gasteiger partial charge on any atom is -0.277 e. The van der Waals surface area contributed by atoms with Crippen LogP contribution in [0.3, 0.4) is 0 Å². The van der Waals surface area contributed by atoms with Crippen molar-refractivity contribution in [1.82, 2.24) is 9.38 Å². The summed E-state index contributed by atoms with van der Waals surface area (Å²) in [7, 11) is 0. The molecule has 0 fully saturated rings. The lowest BCUT2D eigenvalue weighted by atomic mass is 10.1. The Labute approximate surface area is 165 Å². The van der Waals surface area contributed by atoms with Gasteiger partial charge in [0.05, 0.1) is 10.2 Å². The van der Waals surface area contributed by atoms with E-state index in [4.69, 9.17) is 4.98 Å². The molecule has 2 aromatic heterocycles. The van der Waals surface area contributed by atoms with Crippen LogP contribution in [0.4, 0.5) is 0 Å². The summed E-state index contributed by atoms with van der Waals surface area (Å²) in [5.41, 5.74) is 5.49. The van der Waals surface area contributed by atoms with E-state index < -0.39 is 0 Å². The summed E-state index contributed by atoms with van der Waals surface area (Å²) in [6.45, 7) is 5.93. The maximum atomic E-state index is 4.84. The van der Waals surface area contributed by atoms with Crippen molar-refractivity contribution >= 4 is 48.0 Å². The van der Waals surface area contributed by atoms with Gasteiger partial charge in [-0.1, -0.05) is 78.6 Å². The Hall–Kier alpha value is -2.43. The Bertz CT molecular complexity index is 1160. The van der Waals surface area contributed by atoms with E-state index in [1.54, 1.807) is 11.3 Å². The number of imidazole rings is 1. The van der Waals surface area contributed by atoms with Gasteiger partial charge < -0.3 is 0 Å². The molecule has 2 aromatic carbocycles. The highest BCUT2D eigenvalue weighted by atomic mass is 79.9. The fraction of sp³-hybridized carbons (Fsp3) is 0.0455. The molecule has 0 atom stereocenters. The van der Waals surface area contributed by atoms with E-state index in [2.05, 4.69) is 69.4 Å². The van der Waals surface area contributed by atoms with Gasteiger partial charge in [-0.25, -0.2) is 4.98 Å². The molecule has 0 unspecified atom stereocenters. The molecule has 0 saturated heterocycles. The van der Waals surface area contributed by atoms with E-state index in [9.17, 15) is 0 Å². The Morgan fingerprint density at radius 1 is 1.15 bits per heavy atom. The van der Waals surface area contributed by atoms with Crippen molar-refractivity contribution in [2.24, 2.45) is 0 Å². The summed E-state index contributed by atoms with van der Waals surface area (Å²) < 4.78 is 4.35. The molecule has 0 spiro atoms. The first-order chi connectivity index (χ1) is 12.7. The number of aromatic nitrogens is 2. The van der Waals surface area contributed by atoms with Crippen molar-refractivity contribution in [2.75, 3.05) is 0 Å². The third-order valence-corrected chi connectivity index (χ3v) is 6.01. The van der Waals surface area contributed by atoms with Crippen LogP contribution in [0.15, 0.2) is 84.0 Å². The quantitative estimate of drug-likeness (QED) is 0.321. The van der Waals surface area contributed by atoms with Crippen molar-refractivity contribution in [3.05, 3.63) is 89.7 Å². The Balaban J connectivity index is 1.93. The molecule has 0 radical (unpaired) electrons. The van der Waals surface area contributed by atoms with Gasteiger partial charge in [0.2, 0.25) is 0 Å². The third-order valence-electron chi connectivity index (χ3n) is 4.26. The highest BCUT2D eigenvalue weighted by Gasteiger charge is 2.17. The molecule has 128 valence electrons. The topological polar surface area (TPSA) is 17.3 Å². The molecule has 0 saturated carbocycles. The second kappa shape index (κ2) is 7.06. The maximum absolute atomic E-state index is 4.84. The zero-order chi connectivity index (χ0) is 18.1. The van der Waals surface area contributed by atoms with Crippen LogP contribution in [0, 0.1) is 0 Å². The second-order valence-corrected chi connectivity index (χ2v) is 7.63.